The van der Waals surface area contributed by atoms with Crippen molar-refractivity contribution in [2.45, 2.75) is 33.7 Å². The molecule has 0 saturated carbocycles. The number of phenolic OH excluding ortho intramolecular Hbond substituents is 1. The van der Waals surface area contributed by atoms with Crippen molar-refractivity contribution in [1.82, 2.24) is 4.98 Å². The Hall–Kier alpha value is -4.18. The number of phenols is 1. The highest BCUT2D eigenvalue weighted by Crippen LogP contribution is 2.44. The lowest BCUT2D eigenvalue weighted by Gasteiger charge is -2.23. The van der Waals surface area contributed by atoms with E-state index in [0.717, 1.165) is 22.5 Å². The number of hydrogen-bond acceptors (Lipinski definition) is 9. The molecular weight excluding hydrogens is 496 g/mol. The van der Waals surface area contributed by atoms with Crippen LogP contribution in [0.2, 0.25) is 0 Å². The highest BCUT2D eigenvalue weighted by atomic mass is 32.1. The first kappa shape index (κ1) is 24.5. The van der Waals surface area contributed by atoms with E-state index in [1.165, 1.54) is 18.1 Å². The minimum atomic E-state index is -0.930. The van der Waals surface area contributed by atoms with Crippen LogP contribution in [-0.2, 0) is 4.74 Å². The lowest BCUT2D eigenvalue weighted by Crippen LogP contribution is -2.29. The van der Waals surface area contributed by atoms with E-state index in [1.54, 1.807) is 38.1 Å². The van der Waals surface area contributed by atoms with Gasteiger partial charge in [-0.2, -0.15) is 0 Å². The zero-order valence-electron chi connectivity index (χ0n) is 20.9. The maximum Gasteiger partial charge on any atom is 0.350 e. The van der Waals surface area contributed by atoms with E-state index < -0.39 is 17.9 Å². The van der Waals surface area contributed by atoms with Crippen LogP contribution < -0.4 is 15.1 Å². The van der Waals surface area contributed by atoms with Gasteiger partial charge in [0.15, 0.2) is 22.1 Å². The molecule has 1 amide bonds. The van der Waals surface area contributed by atoms with Gasteiger partial charge in [0.25, 0.3) is 5.91 Å². The molecule has 3 heterocycles. The van der Waals surface area contributed by atoms with E-state index in [4.69, 9.17) is 13.9 Å². The molecule has 0 radical (unpaired) electrons. The molecule has 0 fully saturated rings. The fourth-order valence-corrected chi connectivity index (χ4v) is 5.49. The summed E-state index contributed by atoms with van der Waals surface area (Å²) in [5, 5.41) is 10.8. The summed E-state index contributed by atoms with van der Waals surface area (Å²) in [5.74, 6) is -1.09. The van der Waals surface area contributed by atoms with Crippen LogP contribution in [0.15, 0.2) is 39.5 Å². The van der Waals surface area contributed by atoms with Crippen LogP contribution in [0.5, 0.6) is 11.5 Å². The van der Waals surface area contributed by atoms with Crippen LogP contribution in [0.1, 0.15) is 61.1 Å². The first-order chi connectivity index (χ1) is 17.7. The standard InChI is InChI=1S/C27H24N2O7S/c1-6-35-19-11-15(7-8-17(19)30)21-20-22(31)16-9-12(2)13(3)10-18(16)36-23(20)25(32)29(21)27-28-14(4)24(37-27)26(33)34-5/h7-11,21,30H,6H2,1-5H3. The Bertz CT molecular complexity index is 1650. The fourth-order valence-electron chi connectivity index (χ4n) is 4.48. The molecule has 10 heteroatoms. The van der Waals surface area contributed by atoms with Crippen LogP contribution in [0.25, 0.3) is 11.0 Å². The number of amides is 1. The Balaban J connectivity index is 1.80. The summed E-state index contributed by atoms with van der Waals surface area (Å²) in [4.78, 5) is 46.1. The maximum atomic E-state index is 13.9. The lowest BCUT2D eigenvalue weighted by atomic mass is 9.97. The van der Waals surface area contributed by atoms with Crippen LogP contribution in [-0.4, -0.2) is 35.7 Å². The van der Waals surface area contributed by atoms with Crippen molar-refractivity contribution >= 4 is 39.3 Å². The van der Waals surface area contributed by atoms with E-state index in [9.17, 15) is 19.5 Å². The molecule has 1 aliphatic heterocycles. The monoisotopic (exact) mass is 520 g/mol. The minimum absolute atomic E-state index is 0.0728. The molecule has 0 spiro atoms. The topological polar surface area (TPSA) is 119 Å². The van der Waals surface area contributed by atoms with Gasteiger partial charge in [-0.1, -0.05) is 17.4 Å². The average molecular weight is 521 g/mol. The summed E-state index contributed by atoms with van der Waals surface area (Å²) in [6.45, 7) is 7.53. The third-order valence-corrected chi connectivity index (χ3v) is 7.58. The molecule has 37 heavy (non-hydrogen) atoms. The smallest absolute Gasteiger partial charge is 0.350 e. The Labute approximate surface area is 215 Å². The Morgan fingerprint density at radius 1 is 1.16 bits per heavy atom. The molecule has 1 unspecified atom stereocenters. The minimum Gasteiger partial charge on any atom is -0.504 e. The van der Waals surface area contributed by atoms with Gasteiger partial charge in [-0.25, -0.2) is 9.78 Å². The summed E-state index contributed by atoms with van der Waals surface area (Å²) in [6.07, 6.45) is 0. The fraction of sp³-hybridized carbons (Fsp3) is 0.259. The number of aromatic nitrogens is 1. The van der Waals surface area contributed by atoms with E-state index in [0.29, 0.717) is 28.8 Å². The molecule has 5 rings (SSSR count). The van der Waals surface area contributed by atoms with Crippen molar-refractivity contribution < 1.29 is 28.6 Å². The largest absolute Gasteiger partial charge is 0.504 e. The van der Waals surface area contributed by atoms with Gasteiger partial charge in [0.1, 0.15) is 10.5 Å². The Morgan fingerprint density at radius 3 is 2.59 bits per heavy atom. The number of ether oxygens (including phenoxy) is 2. The number of benzene rings is 2. The maximum absolute atomic E-state index is 13.9. The number of carbonyl (C=O) groups excluding carboxylic acids is 2. The van der Waals surface area contributed by atoms with Crippen molar-refractivity contribution in [2.24, 2.45) is 0 Å². The van der Waals surface area contributed by atoms with Crippen LogP contribution >= 0.6 is 11.3 Å². The molecule has 0 bridgehead atoms. The second kappa shape index (κ2) is 9.04. The molecule has 1 N–H and O–H groups in total. The Kier molecular flexibility index (Phi) is 5.99. The number of thiazole rings is 1. The van der Waals surface area contributed by atoms with Gasteiger partial charge in [-0.3, -0.25) is 14.5 Å². The predicted molar refractivity (Wildman–Crippen MR) is 138 cm³/mol. The normalized spacial score (nSPS) is 14.8. The van der Waals surface area contributed by atoms with Crippen LogP contribution in [0, 0.1) is 20.8 Å². The predicted octanol–water partition coefficient (Wildman–Crippen LogP) is 4.82. The number of nitrogens with zero attached hydrogens (tertiary/aromatic N) is 2. The highest BCUT2D eigenvalue weighted by Gasteiger charge is 2.45. The zero-order chi connectivity index (χ0) is 26.6. The third-order valence-electron chi connectivity index (χ3n) is 6.45. The van der Waals surface area contributed by atoms with Crippen LogP contribution in [0.4, 0.5) is 5.13 Å². The van der Waals surface area contributed by atoms with Gasteiger partial charge < -0.3 is 19.0 Å². The van der Waals surface area contributed by atoms with Gasteiger partial charge in [0.2, 0.25) is 5.76 Å². The Morgan fingerprint density at radius 2 is 1.89 bits per heavy atom. The summed E-state index contributed by atoms with van der Waals surface area (Å²) < 4.78 is 16.5. The molecule has 2 aromatic heterocycles. The molecule has 0 saturated heterocycles. The molecular formula is C27H24N2O7S. The molecule has 2 aromatic carbocycles. The highest BCUT2D eigenvalue weighted by molar-refractivity contribution is 7.17. The summed E-state index contributed by atoms with van der Waals surface area (Å²) in [7, 11) is 1.27. The van der Waals surface area contributed by atoms with Crippen LogP contribution in [0.3, 0.4) is 0 Å². The molecule has 190 valence electrons. The van der Waals surface area contributed by atoms with E-state index >= 15 is 0 Å². The molecule has 1 aliphatic rings. The third kappa shape index (κ3) is 3.84. The number of aromatic hydroxyl groups is 1. The number of anilines is 1. The van der Waals surface area contributed by atoms with Gasteiger partial charge in [-0.15, -0.1) is 0 Å². The lowest BCUT2D eigenvalue weighted by molar-refractivity contribution is 0.0605. The summed E-state index contributed by atoms with van der Waals surface area (Å²) >= 11 is 0.990. The number of rotatable bonds is 5. The van der Waals surface area contributed by atoms with E-state index in [1.807, 2.05) is 13.8 Å². The summed E-state index contributed by atoms with van der Waals surface area (Å²) in [6, 6.07) is 7.22. The van der Waals surface area contributed by atoms with E-state index in [2.05, 4.69) is 4.98 Å². The number of esters is 1. The number of aryl methyl sites for hydroxylation is 3. The number of carbonyl (C=O) groups is 2. The molecule has 0 aliphatic carbocycles. The van der Waals surface area contributed by atoms with Crippen molar-refractivity contribution in [1.29, 1.82) is 0 Å². The van der Waals surface area contributed by atoms with Crippen molar-refractivity contribution in [3.8, 4) is 11.5 Å². The molecule has 9 nitrogen and oxygen atoms in total. The van der Waals surface area contributed by atoms with Gasteiger partial charge in [0, 0.05) is 0 Å². The van der Waals surface area contributed by atoms with Crippen molar-refractivity contribution in [3.63, 3.8) is 0 Å². The quantitative estimate of drug-likeness (QED) is 0.372. The number of hydrogen-bond donors (Lipinski definition) is 1. The molecule has 4 aromatic rings. The van der Waals surface area contributed by atoms with Gasteiger partial charge >= 0.3 is 5.97 Å². The van der Waals surface area contributed by atoms with E-state index in [-0.39, 0.29) is 38.3 Å². The van der Waals surface area contributed by atoms with Crippen molar-refractivity contribution in [2.75, 3.05) is 18.6 Å². The number of fused-ring (bicyclic) bond motifs is 2. The first-order valence-corrected chi connectivity index (χ1v) is 12.4. The molecule has 1 atom stereocenters. The SMILES string of the molecule is CCOc1cc(C2c3c(oc4cc(C)c(C)cc4c3=O)C(=O)N2c2nc(C)c(C(=O)OC)s2)ccc1O. The first-order valence-electron chi connectivity index (χ1n) is 11.6. The second-order valence-electron chi connectivity index (χ2n) is 8.75. The van der Waals surface area contributed by atoms with Gasteiger partial charge in [-0.05, 0) is 68.7 Å². The average Bonchev–Trinajstić information content (AvgIpc) is 3.39. The van der Waals surface area contributed by atoms with Crippen molar-refractivity contribution in [3.05, 3.63) is 79.1 Å². The van der Waals surface area contributed by atoms with Gasteiger partial charge in [0.05, 0.1) is 36.4 Å². The second-order valence-corrected chi connectivity index (χ2v) is 9.72. The zero-order valence-corrected chi connectivity index (χ0v) is 21.7. The summed E-state index contributed by atoms with van der Waals surface area (Å²) in [5.41, 5.74) is 2.87. The number of methoxy groups -OCH3 is 1.